The average Bonchev–Trinajstić information content (AvgIpc) is 3.97. The maximum absolute atomic E-state index is 6.80. The molecule has 13 aromatic rings. The zero-order valence-electron chi connectivity index (χ0n) is 30.3. The van der Waals surface area contributed by atoms with Gasteiger partial charge in [-0.05, 0) is 85.9 Å². The van der Waals surface area contributed by atoms with Crippen LogP contribution in [0.1, 0.15) is 0 Å². The van der Waals surface area contributed by atoms with Crippen molar-refractivity contribution in [3.63, 3.8) is 0 Å². The Labute approximate surface area is 324 Å². The Morgan fingerprint density at radius 3 is 1.44 bits per heavy atom. The van der Waals surface area contributed by atoms with Crippen LogP contribution < -0.4 is 0 Å². The monoisotopic (exact) mass is 728 g/mol. The van der Waals surface area contributed by atoms with E-state index < -0.39 is 0 Å². The summed E-state index contributed by atoms with van der Waals surface area (Å²) in [5.74, 6) is 0.594. The minimum Gasteiger partial charge on any atom is -0.456 e. The molecule has 0 bridgehead atoms. The Bertz CT molecular complexity index is 3790. The maximum atomic E-state index is 6.80. The van der Waals surface area contributed by atoms with Gasteiger partial charge in [-0.3, -0.25) is 0 Å². The number of nitrogens with zero attached hydrogens (tertiary/aromatic N) is 2. The number of benzene rings is 9. The summed E-state index contributed by atoms with van der Waals surface area (Å²) in [6, 6.07) is 59.2. The van der Waals surface area contributed by atoms with Gasteiger partial charge in [-0.25, -0.2) is 9.97 Å². The van der Waals surface area contributed by atoms with Gasteiger partial charge in [-0.2, -0.15) is 0 Å². The van der Waals surface area contributed by atoms with Crippen molar-refractivity contribution in [1.29, 1.82) is 0 Å². The lowest BCUT2D eigenvalue weighted by atomic mass is 9.92. The largest absolute Gasteiger partial charge is 0.456 e. The summed E-state index contributed by atoms with van der Waals surface area (Å²) in [5.41, 5.74) is 10.1. The van der Waals surface area contributed by atoms with Crippen LogP contribution in [0.5, 0.6) is 0 Å². The first-order chi connectivity index (χ1) is 28.2. The second-order valence-electron chi connectivity index (χ2n) is 14.8. The quantitative estimate of drug-likeness (QED) is 0.169. The standard InChI is InChI=1S/C52H28N2O3/c1-2-13-33-31(11-1)32-12-3-4-14-34(32)40-27-29(23-25-35(33)40)30-24-26-44-41(28-30)50-51(57-44)49(38-17-9-21-45-47(38)36-15-5-7-19-42(36)55-45)53-52(54-50)39-18-10-22-46-48(39)37-16-6-8-20-43(37)56-46/h1-28H. The van der Waals surface area contributed by atoms with Crippen molar-refractivity contribution in [3.8, 4) is 33.8 Å². The molecule has 0 unspecified atom stereocenters. The van der Waals surface area contributed by atoms with Gasteiger partial charge < -0.3 is 13.3 Å². The number of furan rings is 3. The van der Waals surface area contributed by atoms with Gasteiger partial charge in [0.1, 0.15) is 39.1 Å². The van der Waals surface area contributed by atoms with Gasteiger partial charge in [-0.15, -0.1) is 0 Å². The highest BCUT2D eigenvalue weighted by Gasteiger charge is 2.24. The van der Waals surface area contributed by atoms with E-state index in [0.29, 0.717) is 17.1 Å². The maximum Gasteiger partial charge on any atom is 0.180 e. The van der Waals surface area contributed by atoms with Crippen molar-refractivity contribution in [2.24, 2.45) is 0 Å². The minimum absolute atomic E-state index is 0.594. The molecular formula is C52H28N2O3. The fourth-order valence-electron chi connectivity index (χ4n) is 9.15. The topological polar surface area (TPSA) is 65.2 Å². The number of hydrogen-bond acceptors (Lipinski definition) is 5. The zero-order valence-corrected chi connectivity index (χ0v) is 30.3. The van der Waals surface area contributed by atoms with Gasteiger partial charge in [0.2, 0.25) is 0 Å². The Morgan fingerprint density at radius 2 is 0.789 bits per heavy atom. The molecule has 0 N–H and O–H groups in total. The normalized spacial score (nSPS) is 12.2. The third kappa shape index (κ3) is 4.34. The average molecular weight is 729 g/mol. The highest BCUT2D eigenvalue weighted by Crippen LogP contribution is 2.44. The van der Waals surface area contributed by atoms with E-state index in [9.17, 15) is 0 Å². The van der Waals surface area contributed by atoms with E-state index in [4.69, 9.17) is 23.2 Å². The van der Waals surface area contributed by atoms with Crippen LogP contribution >= 0.6 is 0 Å². The molecule has 0 spiro atoms. The fraction of sp³-hybridized carbons (Fsp3) is 0. The van der Waals surface area contributed by atoms with E-state index in [-0.39, 0.29) is 0 Å². The molecule has 0 saturated heterocycles. The Kier molecular flexibility index (Phi) is 6.10. The zero-order chi connectivity index (χ0) is 37.2. The van der Waals surface area contributed by atoms with Crippen molar-refractivity contribution in [2.75, 3.05) is 0 Å². The fourth-order valence-corrected chi connectivity index (χ4v) is 9.15. The number of aromatic nitrogens is 2. The molecule has 0 fully saturated rings. The molecule has 9 aromatic carbocycles. The molecule has 0 radical (unpaired) electrons. The summed E-state index contributed by atoms with van der Waals surface area (Å²) >= 11 is 0. The first-order valence-electron chi connectivity index (χ1n) is 19.1. The summed E-state index contributed by atoms with van der Waals surface area (Å²) in [7, 11) is 0. The summed E-state index contributed by atoms with van der Waals surface area (Å²) in [5, 5.41) is 12.4. The molecule has 4 heterocycles. The molecule has 0 amide bonds. The van der Waals surface area contributed by atoms with Crippen LogP contribution in [-0.4, -0.2) is 9.97 Å². The van der Waals surface area contributed by atoms with Crippen LogP contribution in [-0.2, 0) is 0 Å². The first-order valence-corrected chi connectivity index (χ1v) is 19.1. The van der Waals surface area contributed by atoms with Crippen molar-refractivity contribution in [2.45, 2.75) is 0 Å². The van der Waals surface area contributed by atoms with Crippen LogP contribution in [0.15, 0.2) is 183 Å². The van der Waals surface area contributed by atoms with Gasteiger partial charge in [0.25, 0.3) is 0 Å². The third-order valence-corrected chi connectivity index (χ3v) is 11.7. The van der Waals surface area contributed by atoms with Crippen molar-refractivity contribution >= 4 is 98.3 Å². The molecule has 5 heteroatoms. The number of fused-ring (bicyclic) bond motifs is 15. The van der Waals surface area contributed by atoms with Crippen molar-refractivity contribution in [3.05, 3.63) is 170 Å². The minimum atomic E-state index is 0.594. The van der Waals surface area contributed by atoms with E-state index in [1.165, 1.54) is 32.3 Å². The molecule has 0 atom stereocenters. The van der Waals surface area contributed by atoms with Crippen molar-refractivity contribution in [1.82, 2.24) is 9.97 Å². The molecule has 13 rings (SSSR count). The van der Waals surface area contributed by atoms with Gasteiger partial charge in [0, 0.05) is 38.1 Å². The molecule has 5 nitrogen and oxygen atoms in total. The summed E-state index contributed by atoms with van der Waals surface area (Å²) in [4.78, 5) is 10.8. The first kappa shape index (κ1) is 30.6. The molecule has 0 aliphatic carbocycles. The van der Waals surface area contributed by atoms with Crippen LogP contribution in [0.4, 0.5) is 0 Å². The molecule has 4 aromatic heterocycles. The van der Waals surface area contributed by atoms with E-state index in [2.05, 4.69) is 109 Å². The van der Waals surface area contributed by atoms with E-state index >= 15 is 0 Å². The molecule has 264 valence electrons. The van der Waals surface area contributed by atoms with Crippen LogP contribution in [0, 0.1) is 0 Å². The lowest BCUT2D eigenvalue weighted by molar-refractivity contribution is 0.667. The predicted octanol–water partition coefficient (Wildman–Crippen LogP) is 14.6. The highest BCUT2D eigenvalue weighted by molar-refractivity contribution is 6.26. The summed E-state index contributed by atoms with van der Waals surface area (Å²) in [6.07, 6.45) is 0. The van der Waals surface area contributed by atoms with Crippen LogP contribution in [0.3, 0.4) is 0 Å². The Morgan fingerprint density at radius 1 is 0.316 bits per heavy atom. The number of rotatable bonds is 3. The molecule has 0 saturated carbocycles. The Hall–Kier alpha value is -7.76. The van der Waals surface area contributed by atoms with E-state index in [0.717, 1.165) is 82.6 Å². The molecule has 0 aliphatic rings. The molecular weight excluding hydrogens is 701 g/mol. The lowest BCUT2D eigenvalue weighted by Gasteiger charge is -2.12. The highest BCUT2D eigenvalue weighted by atomic mass is 16.3. The van der Waals surface area contributed by atoms with Crippen LogP contribution in [0.25, 0.3) is 132 Å². The third-order valence-electron chi connectivity index (χ3n) is 11.7. The van der Waals surface area contributed by atoms with Gasteiger partial charge in [0.15, 0.2) is 11.4 Å². The molecule has 0 aliphatic heterocycles. The lowest BCUT2D eigenvalue weighted by Crippen LogP contribution is -1.95. The van der Waals surface area contributed by atoms with E-state index in [1.54, 1.807) is 0 Å². The number of para-hydroxylation sites is 2. The predicted molar refractivity (Wildman–Crippen MR) is 233 cm³/mol. The van der Waals surface area contributed by atoms with Gasteiger partial charge >= 0.3 is 0 Å². The Balaban J connectivity index is 1.10. The van der Waals surface area contributed by atoms with Gasteiger partial charge in [-0.1, -0.05) is 127 Å². The smallest absolute Gasteiger partial charge is 0.180 e. The van der Waals surface area contributed by atoms with Gasteiger partial charge in [0.05, 0.1) is 0 Å². The van der Waals surface area contributed by atoms with E-state index in [1.807, 2.05) is 60.7 Å². The molecule has 57 heavy (non-hydrogen) atoms. The number of hydrogen-bond donors (Lipinski definition) is 0. The second kappa shape index (κ2) is 11.4. The second-order valence-corrected chi connectivity index (χ2v) is 14.8. The van der Waals surface area contributed by atoms with Crippen molar-refractivity contribution < 1.29 is 13.3 Å². The summed E-state index contributed by atoms with van der Waals surface area (Å²) in [6.45, 7) is 0. The van der Waals surface area contributed by atoms with Crippen LogP contribution in [0.2, 0.25) is 0 Å². The SMILES string of the molecule is c1ccc2c(c1)oc1cccc(-c3nc(-c4cccc5oc6ccccc6c45)c4oc5ccc(-c6ccc7c8ccccc8c8ccccc8c7c6)cc5c4n3)c12. The summed E-state index contributed by atoms with van der Waals surface area (Å²) < 4.78 is 19.5.